The molecule has 1 aromatic heterocycles. The Bertz CT molecular complexity index is 1620. The van der Waals surface area contributed by atoms with E-state index in [0.717, 1.165) is 36.1 Å². The lowest BCUT2D eigenvalue weighted by Crippen LogP contribution is -2.59. The van der Waals surface area contributed by atoms with Gasteiger partial charge in [-0.3, -0.25) is 9.59 Å². The van der Waals surface area contributed by atoms with Gasteiger partial charge in [0.15, 0.2) is 29.2 Å². The first kappa shape index (κ1) is 28.7. The van der Waals surface area contributed by atoms with Gasteiger partial charge in [-0.05, 0) is 35.9 Å². The Balaban J connectivity index is 1.51. The second-order valence-corrected chi connectivity index (χ2v) is 14.3. The number of hydrogen-bond donors (Lipinski definition) is 2. The van der Waals surface area contributed by atoms with Crippen LogP contribution in [0.15, 0.2) is 26.8 Å². The van der Waals surface area contributed by atoms with Crippen molar-refractivity contribution in [1.82, 2.24) is 9.62 Å². The maximum absolute atomic E-state index is 14.0. The van der Waals surface area contributed by atoms with Gasteiger partial charge in [0.2, 0.25) is 15.9 Å². The molecule has 3 atom stereocenters. The molecule has 0 bridgehead atoms. The number of hydrogen-bond acceptors (Lipinski definition) is 8. The molecule has 2 N–H and O–H groups in total. The van der Waals surface area contributed by atoms with Crippen molar-refractivity contribution < 1.29 is 39.6 Å². The molecule has 16 heteroatoms. The number of fused-ring (bicyclic) bond motifs is 2. The molecule has 40 heavy (non-hydrogen) atoms. The van der Waals surface area contributed by atoms with Gasteiger partial charge in [0.05, 0.1) is 6.26 Å². The summed E-state index contributed by atoms with van der Waals surface area (Å²) in [6.45, 7) is -0.621. The summed E-state index contributed by atoms with van der Waals surface area (Å²) in [5.41, 5.74) is 0.128. The van der Waals surface area contributed by atoms with E-state index in [0.29, 0.717) is 25.7 Å². The van der Waals surface area contributed by atoms with Crippen LogP contribution in [0, 0.1) is 29.3 Å². The van der Waals surface area contributed by atoms with E-state index in [1.54, 1.807) is 0 Å². The Kier molecular flexibility index (Phi) is 7.56. The van der Waals surface area contributed by atoms with Crippen molar-refractivity contribution in [3.63, 3.8) is 0 Å². The number of likely N-dealkylation sites (tertiary alicyclic amines) is 1. The maximum Gasteiger partial charge on any atom is 0.287 e. The average molecular weight is 619 g/mol. The number of halogens is 3. The highest BCUT2D eigenvalue weighted by molar-refractivity contribution is 7.91. The summed E-state index contributed by atoms with van der Waals surface area (Å²) in [5.74, 6) is -8.41. The highest BCUT2D eigenvalue weighted by atomic mass is 32.2. The third-order valence-corrected chi connectivity index (χ3v) is 10.5. The molecule has 0 spiro atoms. The van der Waals surface area contributed by atoms with Gasteiger partial charge in [-0.25, -0.2) is 26.3 Å². The number of rotatable bonds is 6. The number of piperidine rings is 1. The molecule has 10 nitrogen and oxygen atoms in total. The van der Waals surface area contributed by atoms with E-state index in [4.69, 9.17) is 0 Å². The monoisotopic (exact) mass is 618 g/mol. The molecule has 216 valence electrons. The van der Waals surface area contributed by atoms with Crippen molar-refractivity contribution in [2.75, 3.05) is 11.6 Å². The van der Waals surface area contributed by atoms with Crippen LogP contribution in [0.25, 0.3) is 0 Å². The van der Waals surface area contributed by atoms with Crippen LogP contribution < -0.4 is 10.0 Å². The quantitative estimate of drug-likeness (QED) is 0.375. The fourth-order valence-corrected chi connectivity index (χ4v) is 8.59. The second-order valence-electron chi connectivity index (χ2n) is 10.1. The van der Waals surface area contributed by atoms with Gasteiger partial charge in [0.1, 0.15) is 15.7 Å². The first-order valence-corrected chi connectivity index (χ1v) is 16.6. The van der Waals surface area contributed by atoms with Crippen LogP contribution >= 0.6 is 11.3 Å². The summed E-state index contributed by atoms with van der Waals surface area (Å²) in [6.07, 6.45) is 4.04. The Hall–Kier alpha value is -2.82. The molecular formula is C24H25F3N4O6S3. The molecule has 1 aliphatic carbocycles. The number of ketones is 1. The van der Waals surface area contributed by atoms with Crippen molar-refractivity contribution in [1.29, 1.82) is 0 Å². The molecule has 2 fully saturated rings. The number of amidine groups is 1. The summed E-state index contributed by atoms with van der Waals surface area (Å²) >= 11 is 0.948. The van der Waals surface area contributed by atoms with E-state index in [1.165, 1.54) is 10.3 Å². The van der Waals surface area contributed by atoms with E-state index in [1.807, 2.05) is 0 Å². The minimum atomic E-state index is -4.43. The molecule has 1 amide bonds. The number of sulfonamides is 2. The summed E-state index contributed by atoms with van der Waals surface area (Å²) in [7, 11) is -8.05. The van der Waals surface area contributed by atoms with Crippen LogP contribution in [0.2, 0.25) is 0 Å². The number of nitrogens with one attached hydrogen (secondary N) is 2. The lowest BCUT2D eigenvalue weighted by atomic mass is 9.77. The lowest BCUT2D eigenvalue weighted by Gasteiger charge is -2.43. The molecule has 2 aliphatic heterocycles. The van der Waals surface area contributed by atoms with Gasteiger partial charge in [-0.15, -0.1) is 15.7 Å². The minimum Gasteiger partial charge on any atom is -0.334 e. The zero-order valence-corrected chi connectivity index (χ0v) is 23.6. The molecule has 1 saturated carbocycles. The van der Waals surface area contributed by atoms with Gasteiger partial charge in [0, 0.05) is 30.6 Å². The smallest absolute Gasteiger partial charge is 0.287 e. The molecule has 3 unspecified atom stereocenters. The van der Waals surface area contributed by atoms with Crippen LogP contribution in [0.3, 0.4) is 0 Å². The molecule has 3 heterocycles. The highest BCUT2D eigenvalue weighted by Gasteiger charge is 2.51. The van der Waals surface area contributed by atoms with E-state index >= 15 is 0 Å². The third kappa shape index (κ3) is 5.41. The number of benzene rings is 1. The molecule has 2 aromatic rings. The second kappa shape index (κ2) is 10.5. The standard InChI is InChI=1S/C24H25F3N4O6S3/c1-39(34,35)28-9-13-11-38-23-21(13)40(36,37)30-22(29-23)18-20(32)14-5-3-2-4-6-17(14)31(24(18)33)10-12-7-15(25)19(27)16(26)8-12/h7-8,11,14,17-18,28H,2-6,9-10H2,1H3,(H,29,30). The van der Waals surface area contributed by atoms with E-state index in [-0.39, 0.29) is 34.1 Å². The van der Waals surface area contributed by atoms with Crippen LogP contribution in [0.5, 0.6) is 0 Å². The fraction of sp³-hybridized carbons (Fsp3) is 0.458. The first-order valence-electron chi connectivity index (χ1n) is 12.4. The topological polar surface area (TPSA) is 142 Å². The van der Waals surface area contributed by atoms with E-state index < -0.39 is 72.9 Å². The number of amides is 1. The van der Waals surface area contributed by atoms with Gasteiger partial charge >= 0.3 is 0 Å². The zero-order valence-electron chi connectivity index (χ0n) is 21.1. The van der Waals surface area contributed by atoms with Crippen molar-refractivity contribution in [3.8, 4) is 0 Å². The average Bonchev–Trinajstić information content (AvgIpc) is 3.12. The molecular weight excluding hydrogens is 593 g/mol. The zero-order chi connectivity index (χ0) is 29.0. The Morgan fingerprint density at radius 3 is 2.48 bits per heavy atom. The number of nitrogens with zero attached hydrogens (tertiary/aromatic N) is 2. The Morgan fingerprint density at radius 2 is 1.80 bits per heavy atom. The molecule has 3 aliphatic rings. The summed E-state index contributed by atoms with van der Waals surface area (Å²) < 4.78 is 96.9. The van der Waals surface area contributed by atoms with Crippen LogP contribution in [-0.4, -0.2) is 51.6 Å². The van der Waals surface area contributed by atoms with Crippen LogP contribution in [0.1, 0.15) is 43.2 Å². The van der Waals surface area contributed by atoms with Crippen molar-refractivity contribution in [2.45, 2.75) is 56.1 Å². The van der Waals surface area contributed by atoms with E-state index in [2.05, 4.69) is 14.4 Å². The summed E-state index contributed by atoms with van der Waals surface area (Å²) in [4.78, 5) is 28.6. The molecule has 1 aromatic carbocycles. The molecule has 5 rings (SSSR count). The molecule has 1 saturated heterocycles. The minimum absolute atomic E-state index is 0.0180. The third-order valence-electron chi connectivity index (χ3n) is 7.29. The Labute approximate surface area is 232 Å². The summed E-state index contributed by atoms with van der Waals surface area (Å²) in [5, 5.41) is 4.31. The number of carbonyl (C=O) groups excluding carboxylic acids is 2. The normalized spacial score (nSPS) is 24.6. The van der Waals surface area contributed by atoms with E-state index in [9.17, 15) is 39.6 Å². The number of Topliss-reactive ketones (excluding diaryl/α,β-unsaturated/α-hetero) is 1. The SMILES string of the molecule is CS(=O)(=O)NCc1csc2c1S(=O)(=O)N=C(C1C(=O)C3CCCCCC3N(Cc3cc(F)c(F)c(F)c3)C1=O)N2. The van der Waals surface area contributed by atoms with Crippen LogP contribution in [-0.2, 0) is 42.7 Å². The fourth-order valence-electron chi connectivity index (χ4n) is 5.52. The van der Waals surface area contributed by atoms with Gasteiger partial charge in [-0.1, -0.05) is 19.3 Å². The lowest BCUT2D eigenvalue weighted by molar-refractivity contribution is -0.151. The van der Waals surface area contributed by atoms with Crippen molar-refractivity contribution in [2.24, 2.45) is 16.2 Å². The largest absolute Gasteiger partial charge is 0.334 e. The van der Waals surface area contributed by atoms with Crippen molar-refractivity contribution >= 4 is 53.9 Å². The number of carbonyl (C=O) groups is 2. The summed E-state index contributed by atoms with van der Waals surface area (Å²) in [6, 6.07) is 0.989. The van der Waals surface area contributed by atoms with Gasteiger partial charge in [0.25, 0.3) is 10.0 Å². The van der Waals surface area contributed by atoms with Crippen LogP contribution in [0.4, 0.5) is 18.2 Å². The number of anilines is 1. The predicted octanol–water partition coefficient (Wildman–Crippen LogP) is 2.90. The number of thiophene rings is 1. The molecule has 0 radical (unpaired) electrons. The van der Waals surface area contributed by atoms with Gasteiger partial charge < -0.3 is 10.2 Å². The predicted molar refractivity (Wildman–Crippen MR) is 140 cm³/mol. The maximum atomic E-state index is 14.0. The Morgan fingerprint density at radius 1 is 1.12 bits per heavy atom. The van der Waals surface area contributed by atoms with Crippen molar-refractivity contribution in [3.05, 3.63) is 46.1 Å². The van der Waals surface area contributed by atoms with Gasteiger partial charge in [-0.2, -0.15) is 8.42 Å². The first-order chi connectivity index (χ1) is 18.8. The highest BCUT2D eigenvalue weighted by Crippen LogP contribution is 2.41.